The number of ether oxygens (including phenoxy) is 1. The van der Waals surface area contributed by atoms with Crippen LogP contribution in [-0.2, 0) is 9.53 Å². The summed E-state index contributed by atoms with van der Waals surface area (Å²) in [5, 5.41) is 0. The first-order chi connectivity index (χ1) is 8.00. The van der Waals surface area contributed by atoms with Gasteiger partial charge >= 0.3 is 0 Å². The highest BCUT2D eigenvalue weighted by Gasteiger charge is 2.25. The van der Waals surface area contributed by atoms with Crippen molar-refractivity contribution < 1.29 is 9.53 Å². The van der Waals surface area contributed by atoms with Gasteiger partial charge in [0.25, 0.3) is 5.91 Å². The van der Waals surface area contributed by atoms with Gasteiger partial charge in [-0.2, -0.15) is 0 Å². The predicted octanol–water partition coefficient (Wildman–Crippen LogP) is 2.70. The van der Waals surface area contributed by atoms with Crippen molar-refractivity contribution in [2.24, 2.45) is 11.8 Å². The van der Waals surface area contributed by atoms with Gasteiger partial charge in [-0.3, -0.25) is 4.79 Å². The monoisotopic (exact) mass is 241 g/mol. The largest absolute Gasteiger partial charge is 0.369 e. The topological polar surface area (TPSA) is 29.5 Å². The van der Waals surface area contributed by atoms with Crippen molar-refractivity contribution in [3.8, 4) is 0 Å². The molecule has 0 aromatic carbocycles. The van der Waals surface area contributed by atoms with E-state index in [0.29, 0.717) is 18.4 Å². The summed E-state index contributed by atoms with van der Waals surface area (Å²) in [5.41, 5.74) is 0. The maximum absolute atomic E-state index is 12.1. The van der Waals surface area contributed by atoms with Gasteiger partial charge in [0.15, 0.2) is 0 Å². The van der Waals surface area contributed by atoms with Crippen LogP contribution in [0.3, 0.4) is 0 Å². The first kappa shape index (κ1) is 14.5. The molecule has 1 saturated heterocycles. The molecule has 17 heavy (non-hydrogen) atoms. The Morgan fingerprint density at radius 2 is 2.12 bits per heavy atom. The number of amides is 1. The summed E-state index contributed by atoms with van der Waals surface area (Å²) in [5.74, 6) is 1.43. The lowest BCUT2D eigenvalue weighted by Gasteiger charge is -2.32. The fourth-order valence-electron chi connectivity index (χ4n) is 2.20. The molecule has 1 heterocycles. The van der Waals surface area contributed by atoms with Gasteiger partial charge in [0.2, 0.25) is 0 Å². The Morgan fingerprint density at radius 1 is 1.41 bits per heavy atom. The van der Waals surface area contributed by atoms with Crippen LogP contribution in [0, 0.1) is 11.8 Å². The minimum Gasteiger partial charge on any atom is -0.369 e. The zero-order valence-corrected chi connectivity index (χ0v) is 11.7. The first-order valence-electron chi connectivity index (χ1n) is 6.91. The van der Waals surface area contributed by atoms with E-state index in [9.17, 15) is 4.79 Å². The van der Waals surface area contributed by atoms with Crippen LogP contribution in [0.4, 0.5) is 0 Å². The summed E-state index contributed by atoms with van der Waals surface area (Å²) >= 11 is 0. The van der Waals surface area contributed by atoms with Crippen LogP contribution >= 0.6 is 0 Å². The van der Waals surface area contributed by atoms with E-state index >= 15 is 0 Å². The molecule has 1 fully saturated rings. The Kier molecular flexibility index (Phi) is 5.96. The van der Waals surface area contributed by atoms with Crippen LogP contribution < -0.4 is 0 Å². The number of nitrogens with zero attached hydrogens (tertiary/aromatic N) is 1. The molecule has 0 aromatic heterocycles. The van der Waals surface area contributed by atoms with Crippen molar-refractivity contribution in [1.29, 1.82) is 0 Å². The second-order valence-electron chi connectivity index (χ2n) is 5.73. The smallest absolute Gasteiger partial charge is 0.251 e. The van der Waals surface area contributed by atoms with Gasteiger partial charge in [0.05, 0.1) is 0 Å². The third-order valence-corrected chi connectivity index (χ3v) is 3.38. The normalized spacial score (nSPS) is 22.9. The molecule has 0 aromatic rings. The average molecular weight is 241 g/mol. The highest BCUT2D eigenvalue weighted by Crippen LogP contribution is 2.16. The van der Waals surface area contributed by atoms with Crippen molar-refractivity contribution in [3.05, 3.63) is 0 Å². The van der Waals surface area contributed by atoms with Crippen molar-refractivity contribution in [3.63, 3.8) is 0 Å². The first-order valence-corrected chi connectivity index (χ1v) is 6.91. The van der Waals surface area contributed by atoms with E-state index < -0.39 is 0 Å². The Hall–Kier alpha value is -0.570. The average Bonchev–Trinajstić information content (AvgIpc) is 2.27. The molecule has 0 radical (unpaired) electrons. The number of carbonyl (C=O) groups is 1. The lowest BCUT2D eigenvalue weighted by atomic mass is 10.00. The van der Waals surface area contributed by atoms with Crippen molar-refractivity contribution in [2.75, 3.05) is 19.7 Å². The molecule has 0 N–H and O–H groups in total. The molecule has 0 unspecified atom stereocenters. The number of carbonyl (C=O) groups excluding carboxylic acids is 1. The van der Waals surface area contributed by atoms with Crippen molar-refractivity contribution >= 4 is 5.91 Å². The molecule has 3 nitrogen and oxygen atoms in total. The zero-order valence-electron chi connectivity index (χ0n) is 11.7. The molecular weight excluding hydrogens is 214 g/mol. The van der Waals surface area contributed by atoms with E-state index in [2.05, 4.69) is 20.8 Å². The number of hydrogen-bond acceptors (Lipinski definition) is 2. The van der Waals surface area contributed by atoms with E-state index in [4.69, 9.17) is 4.74 Å². The summed E-state index contributed by atoms with van der Waals surface area (Å²) in [6, 6.07) is 0. The van der Waals surface area contributed by atoms with Crippen molar-refractivity contribution in [1.82, 2.24) is 4.90 Å². The SMILES string of the molecule is CC(C)CCO[C@@H](C)C(=O)N1CCC[C@@H](C)C1. The number of rotatable bonds is 5. The standard InChI is InChI=1S/C14H27NO2/c1-11(2)7-9-17-13(4)14(16)15-8-5-6-12(3)10-15/h11-13H,5-10H2,1-4H3/t12-,13+/m1/s1. The van der Waals surface area contributed by atoms with Gasteiger partial charge in [-0.15, -0.1) is 0 Å². The second kappa shape index (κ2) is 7.00. The Balaban J connectivity index is 2.30. The summed E-state index contributed by atoms with van der Waals surface area (Å²) < 4.78 is 5.61. The molecule has 100 valence electrons. The molecule has 0 saturated carbocycles. The van der Waals surface area contributed by atoms with E-state index in [0.717, 1.165) is 25.9 Å². The molecular formula is C14H27NO2. The second-order valence-corrected chi connectivity index (χ2v) is 5.73. The zero-order chi connectivity index (χ0) is 12.8. The quantitative estimate of drug-likeness (QED) is 0.740. The van der Waals surface area contributed by atoms with Crippen LogP contribution in [0.5, 0.6) is 0 Å². The van der Waals surface area contributed by atoms with Gasteiger partial charge in [-0.25, -0.2) is 0 Å². The maximum atomic E-state index is 12.1. The molecule has 0 spiro atoms. The summed E-state index contributed by atoms with van der Waals surface area (Å²) in [4.78, 5) is 14.1. The van der Waals surface area contributed by atoms with Crippen LogP contribution in [0.15, 0.2) is 0 Å². The third-order valence-electron chi connectivity index (χ3n) is 3.38. The number of piperidine rings is 1. The van der Waals surface area contributed by atoms with Crippen LogP contribution in [0.25, 0.3) is 0 Å². The third kappa shape index (κ3) is 5.07. The molecule has 0 aliphatic carbocycles. The molecule has 3 heteroatoms. The predicted molar refractivity (Wildman–Crippen MR) is 69.8 cm³/mol. The summed E-state index contributed by atoms with van der Waals surface area (Å²) in [6.45, 7) is 10.9. The molecule has 1 rings (SSSR count). The summed E-state index contributed by atoms with van der Waals surface area (Å²) in [6.07, 6.45) is 3.12. The van der Waals surface area contributed by atoms with Gasteiger partial charge in [-0.05, 0) is 38.0 Å². The van der Waals surface area contributed by atoms with E-state index in [1.165, 1.54) is 6.42 Å². The highest BCUT2D eigenvalue weighted by molar-refractivity contribution is 5.80. The fraction of sp³-hybridized carbons (Fsp3) is 0.929. The van der Waals surface area contributed by atoms with Gasteiger partial charge < -0.3 is 9.64 Å². The maximum Gasteiger partial charge on any atom is 0.251 e. The van der Waals surface area contributed by atoms with Crippen LogP contribution in [0.2, 0.25) is 0 Å². The highest BCUT2D eigenvalue weighted by atomic mass is 16.5. The molecule has 1 aliphatic rings. The van der Waals surface area contributed by atoms with Gasteiger partial charge in [0, 0.05) is 19.7 Å². The molecule has 1 amide bonds. The minimum atomic E-state index is -0.279. The number of hydrogen-bond donors (Lipinski definition) is 0. The van der Waals surface area contributed by atoms with Gasteiger partial charge in [0.1, 0.15) is 6.10 Å². The van der Waals surface area contributed by atoms with E-state index in [1.54, 1.807) is 0 Å². The lowest BCUT2D eigenvalue weighted by Crippen LogP contribution is -2.44. The Bertz CT molecular complexity index is 240. The molecule has 0 bridgehead atoms. The van der Waals surface area contributed by atoms with Gasteiger partial charge in [-0.1, -0.05) is 20.8 Å². The van der Waals surface area contributed by atoms with Crippen LogP contribution in [0.1, 0.15) is 47.0 Å². The van der Waals surface area contributed by atoms with E-state index in [-0.39, 0.29) is 12.0 Å². The Labute approximate surface area is 106 Å². The molecule has 1 aliphatic heterocycles. The fourth-order valence-corrected chi connectivity index (χ4v) is 2.20. The molecule has 2 atom stereocenters. The number of likely N-dealkylation sites (tertiary alicyclic amines) is 1. The lowest BCUT2D eigenvalue weighted by molar-refractivity contribution is -0.144. The van der Waals surface area contributed by atoms with E-state index in [1.807, 2.05) is 11.8 Å². The Morgan fingerprint density at radius 3 is 2.71 bits per heavy atom. The van der Waals surface area contributed by atoms with Crippen LogP contribution in [-0.4, -0.2) is 36.6 Å². The van der Waals surface area contributed by atoms with Crippen molar-refractivity contribution in [2.45, 2.75) is 53.1 Å². The summed E-state index contributed by atoms with van der Waals surface area (Å²) in [7, 11) is 0. The minimum absolute atomic E-state index is 0.167.